The minimum absolute atomic E-state index is 0. The van der Waals surface area contributed by atoms with Crippen LogP contribution in [0.1, 0.15) is 37.2 Å². The number of fused-ring (bicyclic) bond motifs is 1. The van der Waals surface area contributed by atoms with Gasteiger partial charge in [0, 0.05) is 23.8 Å². The van der Waals surface area contributed by atoms with Gasteiger partial charge in [0.2, 0.25) is 11.8 Å². The first-order valence-electron chi connectivity index (χ1n) is 8.76. The number of piperidine rings is 1. The van der Waals surface area contributed by atoms with Gasteiger partial charge in [-0.2, -0.15) is 0 Å². The molecule has 0 spiro atoms. The number of benzene rings is 1. The van der Waals surface area contributed by atoms with Crippen molar-refractivity contribution in [2.24, 2.45) is 5.92 Å². The maximum absolute atomic E-state index is 12.5. The second-order valence-electron chi connectivity index (χ2n) is 7.01. The lowest BCUT2D eigenvalue weighted by Crippen LogP contribution is -2.47. The zero-order chi connectivity index (χ0) is 16.7. The van der Waals surface area contributed by atoms with E-state index in [1.807, 2.05) is 23.1 Å². The largest absolute Gasteiger partial charge is 0.341 e. The topological polar surface area (TPSA) is 61.4 Å². The monoisotopic (exact) mass is 383 g/mol. The molecule has 3 aliphatic heterocycles. The van der Waals surface area contributed by atoms with Crippen molar-refractivity contribution in [3.63, 3.8) is 0 Å². The molecule has 1 aromatic rings. The molecule has 2 N–H and O–H groups in total. The highest BCUT2D eigenvalue weighted by molar-refractivity contribution is 6.31. The van der Waals surface area contributed by atoms with Crippen LogP contribution < -0.4 is 10.6 Å². The van der Waals surface area contributed by atoms with Crippen LogP contribution in [-0.2, 0) is 9.59 Å². The van der Waals surface area contributed by atoms with E-state index in [0.29, 0.717) is 5.02 Å². The lowest BCUT2D eigenvalue weighted by molar-refractivity contribution is -0.134. The lowest BCUT2D eigenvalue weighted by atomic mass is 9.80. The maximum Gasteiger partial charge on any atom is 0.239 e. The van der Waals surface area contributed by atoms with E-state index in [0.717, 1.165) is 56.6 Å². The Morgan fingerprint density at radius 1 is 1.20 bits per heavy atom. The van der Waals surface area contributed by atoms with Crippen LogP contribution in [0, 0.1) is 5.92 Å². The van der Waals surface area contributed by atoms with Crippen LogP contribution >= 0.6 is 24.0 Å². The Morgan fingerprint density at radius 2 is 1.96 bits per heavy atom. The predicted octanol–water partition coefficient (Wildman–Crippen LogP) is 2.79. The maximum atomic E-state index is 12.5. The highest BCUT2D eigenvalue weighted by atomic mass is 35.5. The van der Waals surface area contributed by atoms with Gasteiger partial charge in [-0.25, -0.2) is 0 Å². The van der Waals surface area contributed by atoms with Gasteiger partial charge in [-0.15, -0.1) is 12.4 Å². The summed E-state index contributed by atoms with van der Waals surface area (Å²) in [6.45, 7) is 2.43. The molecule has 0 saturated carbocycles. The van der Waals surface area contributed by atoms with E-state index in [4.69, 9.17) is 11.6 Å². The van der Waals surface area contributed by atoms with Crippen molar-refractivity contribution in [2.45, 2.75) is 37.6 Å². The number of anilines is 1. The molecule has 5 nitrogen and oxygen atoms in total. The summed E-state index contributed by atoms with van der Waals surface area (Å²) >= 11 is 6.02. The number of hydrogen-bond acceptors (Lipinski definition) is 3. The smallest absolute Gasteiger partial charge is 0.239 e. The number of carbonyl (C=O) groups is 2. The summed E-state index contributed by atoms with van der Waals surface area (Å²) in [6, 6.07) is 5.62. The SMILES string of the molecule is Cl.O=C1Nc2cc(Cl)ccc2C1C1CCN(C(=O)C2CCCN2)CC1. The number of nitrogens with one attached hydrogen (secondary N) is 2. The highest BCUT2D eigenvalue weighted by Crippen LogP contribution is 2.42. The van der Waals surface area contributed by atoms with E-state index in [-0.39, 0.29) is 42.1 Å². The average Bonchev–Trinajstić information content (AvgIpc) is 3.21. The van der Waals surface area contributed by atoms with Gasteiger partial charge >= 0.3 is 0 Å². The first-order valence-corrected chi connectivity index (χ1v) is 9.14. The Labute approximate surface area is 158 Å². The number of amides is 2. The van der Waals surface area contributed by atoms with Crippen LogP contribution in [0.4, 0.5) is 5.69 Å². The van der Waals surface area contributed by atoms with Gasteiger partial charge in [0.1, 0.15) is 0 Å². The van der Waals surface area contributed by atoms with E-state index < -0.39 is 0 Å². The summed E-state index contributed by atoms with van der Waals surface area (Å²) in [5, 5.41) is 6.87. The minimum Gasteiger partial charge on any atom is -0.341 e. The Morgan fingerprint density at radius 3 is 2.64 bits per heavy atom. The number of nitrogens with zero attached hydrogens (tertiary/aromatic N) is 1. The fourth-order valence-corrected chi connectivity index (χ4v) is 4.47. The molecule has 2 amide bonds. The Hall–Kier alpha value is -1.30. The zero-order valence-electron chi connectivity index (χ0n) is 14.0. The Kier molecular flexibility index (Phi) is 5.56. The molecule has 136 valence electrons. The van der Waals surface area contributed by atoms with Crippen LogP contribution in [0.15, 0.2) is 18.2 Å². The zero-order valence-corrected chi connectivity index (χ0v) is 15.5. The molecule has 0 aromatic heterocycles. The first kappa shape index (κ1) is 18.5. The molecule has 0 bridgehead atoms. The summed E-state index contributed by atoms with van der Waals surface area (Å²) in [7, 11) is 0. The molecule has 3 aliphatic rings. The molecule has 2 atom stereocenters. The molecule has 0 radical (unpaired) electrons. The Bertz CT molecular complexity index is 668. The average molecular weight is 384 g/mol. The minimum atomic E-state index is -0.112. The molecule has 2 fully saturated rings. The van der Waals surface area contributed by atoms with Crippen molar-refractivity contribution in [1.29, 1.82) is 0 Å². The fourth-order valence-electron chi connectivity index (χ4n) is 4.30. The summed E-state index contributed by atoms with van der Waals surface area (Å²) < 4.78 is 0. The van der Waals surface area contributed by atoms with Crippen LogP contribution in [0.3, 0.4) is 0 Å². The Balaban J connectivity index is 0.00000182. The van der Waals surface area contributed by atoms with Crippen molar-refractivity contribution >= 4 is 41.5 Å². The van der Waals surface area contributed by atoms with Gasteiger partial charge in [0.15, 0.2) is 0 Å². The normalized spacial score (nSPS) is 26.1. The quantitative estimate of drug-likeness (QED) is 0.825. The third-order valence-corrected chi connectivity index (χ3v) is 5.81. The fraction of sp³-hybridized carbons (Fsp3) is 0.556. The summed E-state index contributed by atoms with van der Waals surface area (Å²) in [5.41, 5.74) is 1.89. The van der Waals surface area contributed by atoms with Crippen molar-refractivity contribution in [1.82, 2.24) is 10.2 Å². The predicted molar refractivity (Wildman–Crippen MR) is 100 cm³/mol. The van der Waals surface area contributed by atoms with Crippen LogP contribution in [-0.4, -0.2) is 42.4 Å². The molecule has 3 heterocycles. The van der Waals surface area contributed by atoms with Crippen molar-refractivity contribution in [2.75, 3.05) is 25.0 Å². The molecule has 25 heavy (non-hydrogen) atoms. The molecule has 7 heteroatoms. The van der Waals surface area contributed by atoms with Crippen LogP contribution in [0.5, 0.6) is 0 Å². The third-order valence-electron chi connectivity index (χ3n) is 5.57. The summed E-state index contributed by atoms with van der Waals surface area (Å²) in [6.07, 6.45) is 3.77. The van der Waals surface area contributed by atoms with E-state index in [9.17, 15) is 9.59 Å². The van der Waals surface area contributed by atoms with Gasteiger partial charge in [-0.3, -0.25) is 9.59 Å². The van der Waals surface area contributed by atoms with Crippen molar-refractivity contribution in [3.8, 4) is 0 Å². The van der Waals surface area contributed by atoms with Crippen LogP contribution in [0.25, 0.3) is 0 Å². The number of likely N-dealkylation sites (tertiary alicyclic amines) is 1. The summed E-state index contributed by atoms with van der Waals surface area (Å²) in [4.78, 5) is 26.9. The number of rotatable bonds is 2. The second-order valence-corrected chi connectivity index (χ2v) is 7.45. The highest BCUT2D eigenvalue weighted by Gasteiger charge is 2.39. The van der Waals surface area contributed by atoms with E-state index in [2.05, 4.69) is 10.6 Å². The van der Waals surface area contributed by atoms with Gasteiger partial charge in [-0.05, 0) is 55.8 Å². The van der Waals surface area contributed by atoms with Gasteiger partial charge in [0.05, 0.1) is 12.0 Å². The first-order chi connectivity index (χ1) is 11.6. The van der Waals surface area contributed by atoms with Gasteiger partial charge in [-0.1, -0.05) is 17.7 Å². The molecular formula is C18H23Cl2N3O2. The van der Waals surface area contributed by atoms with Crippen molar-refractivity contribution < 1.29 is 9.59 Å². The molecule has 2 saturated heterocycles. The molecular weight excluding hydrogens is 361 g/mol. The lowest BCUT2D eigenvalue weighted by Gasteiger charge is -2.35. The van der Waals surface area contributed by atoms with Gasteiger partial charge in [0.25, 0.3) is 0 Å². The molecule has 0 aliphatic carbocycles. The van der Waals surface area contributed by atoms with E-state index >= 15 is 0 Å². The standard InChI is InChI=1S/C18H22ClN3O2.ClH/c19-12-3-4-13-15(10-12)21-17(23)16(13)11-5-8-22(9-6-11)18(24)14-2-1-7-20-14;/h3-4,10-11,14,16,20H,1-2,5-9H2,(H,21,23);1H. The van der Waals surface area contributed by atoms with E-state index in [1.165, 1.54) is 0 Å². The third kappa shape index (κ3) is 3.50. The number of hydrogen-bond donors (Lipinski definition) is 2. The van der Waals surface area contributed by atoms with Crippen molar-refractivity contribution in [3.05, 3.63) is 28.8 Å². The second kappa shape index (κ2) is 7.52. The number of carbonyl (C=O) groups excluding carboxylic acids is 2. The molecule has 1 aromatic carbocycles. The summed E-state index contributed by atoms with van der Waals surface area (Å²) in [5.74, 6) is 0.468. The van der Waals surface area contributed by atoms with Crippen LogP contribution in [0.2, 0.25) is 5.02 Å². The number of halogens is 2. The van der Waals surface area contributed by atoms with E-state index in [1.54, 1.807) is 0 Å². The van der Waals surface area contributed by atoms with Gasteiger partial charge < -0.3 is 15.5 Å². The molecule has 4 rings (SSSR count). The molecule has 2 unspecified atom stereocenters.